The molecule has 9 heavy (non-hydrogen) atoms. The monoisotopic (exact) mass is 125 g/mol. The van der Waals surface area contributed by atoms with Crippen LogP contribution in [0.2, 0.25) is 0 Å². The van der Waals surface area contributed by atoms with Gasteiger partial charge in [-0.2, -0.15) is 0 Å². The van der Waals surface area contributed by atoms with Crippen molar-refractivity contribution in [2.45, 2.75) is 13.3 Å². The van der Waals surface area contributed by atoms with Gasteiger partial charge < -0.3 is 5.32 Å². The van der Waals surface area contributed by atoms with E-state index < -0.39 is 0 Å². The summed E-state index contributed by atoms with van der Waals surface area (Å²) < 4.78 is 0. The topological polar surface area (TPSA) is 29.1 Å². The van der Waals surface area contributed by atoms with Gasteiger partial charge >= 0.3 is 0 Å². The molecule has 0 unspecified atom stereocenters. The summed E-state index contributed by atoms with van der Waals surface area (Å²) in [4.78, 5) is 10.6. The number of carbonyl (C=O) groups is 1. The summed E-state index contributed by atoms with van der Waals surface area (Å²) in [6.07, 6.45) is 0.634. The van der Waals surface area contributed by atoms with E-state index in [4.69, 9.17) is 0 Å². The Morgan fingerprint density at radius 2 is 2.56 bits per heavy atom. The summed E-state index contributed by atoms with van der Waals surface area (Å²) in [5.41, 5.74) is 1.10. The standard InChI is InChI=1S/C7H11NO/c1-5(2)6-3-7(9)8-4-6/h6H,1,3-4H2,2H3,(H,8,9)/t6-/m0/s1. The molecule has 1 amide bonds. The van der Waals surface area contributed by atoms with Gasteiger partial charge in [-0.25, -0.2) is 0 Å². The first kappa shape index (κ1) is 6.33. The molecule has 0 aromatic carbocycles. The van der Waals surface area contributed by atoms with Gasteiger partial charge in [0, 0.05) is 18.9 Å². The minimum atomic E-state index is 0.156. The zero-order chi connectivity index (χ0) is 6.85. The molecule has 1 N–H and O–H groups in total. The Kier molecular flexibility index (Phi) is 1.56. The van der Waals surface area contributed by atoms with Crippen molar-refractivity contribution in [2.24, 2.45) is 5.92 Å². The van der Waals surface area contributed by atoms with Crippen molar-refractivity contribution in [1.82, 2.24) is 5.32 Å². The first-order valence-electron chi connectivity index (χ1n) is 3.12. The van der Waals surface area contributed by atoms with Gasteiger partial charge in [-0.1, -0.05) is 12.2 Å². The van der Waals surface area contributed by atoms with Crippen LogP contribution in [-0.4, -0.2) is 12.5 Å². The first-order chi connectivity index (χ1) is 4.20. The van der Waals surface area contributed by atoms with E-state index in [1.54, 1.807) is 0 Å². The van der Waals surface area contributed by atoms with Gasteiger partial charge in [0.15, 0.2) is 0 Å². The van der Waals surface area contributed by atoms with E-state index in [9.17, 15) is 4.79 Å². The second kappa shape index (κ2) is 2.21. The summed E-state index contributed by atoms with van der Waals surface area (Å²) in [5, 5.41) is 2.75. The van der Waals surface area contributed by atoms with E-state index in [0.717, 1.165) is 12.1 Å². The minimum absolute atomic E-state index is 0.156. The predicted octanol–water partition coefficient (Wildman–Crippen LogP) is 0.699. The Hall–Kier alpha value is -0.790. The fraction of sp³-hybridized carbons (Fsp3) is 0.571. The van der Waals surface area contributed by atoms with Crippen LogP contribution in [0.1, 0.15) is 13.3 Å². The number of hydrogen-bond donors (Lipinski definition) is 1. The van der Waals surface area contributed by atoms with Gasteiger partial charge in [-0.3, -0.25) is 4.79 Å². The second-order valence-corrected chi connectivity index (χ2v) is 2.55. The summed E-state index contributed by atoms with van der Waals surface area (Å²) in [6.45, 7) is 6.53. The molecular weight excluding hydrogens is 114 g/mol. The van der Waals surface area contributed by atoms with E-state index in [2.05, 4.69) is 11.9 Å². The Balaban J connectivity index is 2.48. The number of hydrogen-bond acceptors (Lipinski definition) is 1. The van der Waals surface area contributed by atoms with E-state index in [0.29, 0.717) is 12.3 Å². The minimum Gasteiger partial charge on any atom is -0.355 e. The molecule has 0 aliphatic carbocycles. The van der Waals surface area contributed by atoms with Crippen LogP contribution in [0.5, 0.6) is 0 Å². The van der Waals surface area contributed by atoms with Crippen LogP contribution in [0.15, 0.2) is 12.2 Å². The lowest BCUT2D eigenvalue weighted by Crippen LogP contribution is -2.13. The summed E-state index contributed by atoms with van der Waals surface area (Å²) in [6, 6.07) is 0. The van der Waals surface area contributed by atoms with Crippen LogP contribution in [0.3, 0.4) is 0 Å². The number of nitrogens with one attached hydrogen (secondary N) is 1. The molecule has 0 spiro atoms. The molecule has 1 heterocycles. The van der Waals surface area contributed by atoms with Crippen molar-refractivity contribution in [1.29, 1.82) is 0 Å². The van der Waals surface area contributed by atoms with Gasteiger partial charge in [-0.15, -0.1) is 0 Å². The highest BCUT2D eigenvalue weighted by Crippen LogP contribution is 2.15. The number of carbonyl (C=O) groups excluding carboxylic acids is 1. The zero-order valence-corrected chi connectivity index (χ0v) is 5.61. The molecule has 2 heteroatoms. The van der Waals surface area contributed by atoms with E-state index in [1.165, 1.54) is 0 Å². The van der Waals surface area contributed by atoms with Gasteiger partial charge in [0.05, 0.1) is 0 Å². The number of rotatable bonds is 1. The first-order valence-corrected chi connectivity index (χ1v) is 3.12. The molecule has 50 valence electrons. The van der Waals surface area contributed by atoms with Crippen LogP contribution in [0, 0.1) is 5.92 Å². The molecule has 1 fully saturated rings. The summed E-state index contributed by atoms with van der Waals surface area (Å²) >= 11 is 0. The van der Waals surface area contributed by atoms with Crippen LogP contribution in [0.25, 0.3) is 0 Å². The SMILES string of the molecule is C=C(C)[C@@H]1CNC(=O)C1. The lowest BCUT2D eigenvalue weighted by Gasteiger charge is -2.02. The highest BCUT2D eigenvalue weighted by Gasteiger charge is 2.20. The molecule has 2 nitrogen and oxygen atoms in total. The van der Waals surface area contributed by atoms with Crippen molar-refractivity contribution < 1.29 is 4.79 Å². The second-order valence-electron chi connectivity index (χ2n) is 2.55. The molecule has 1 saturated heterocycles. The van der Waals surface area contributed by atoms with Crippen LogP contribution < -0.4 is 5.32 Å². The molecule has 1 rings (SSSR count). The molecule has 0 bridgehead atoms. The van der Waals surface area contributed by atoms with E-state index in [1.807, 2.05) is 6.92 Å². The zero-order valence-electron chi connectivity index (χ0n) is 5.61. The normalized spacial score (nSPS) is 25.9. The Morgan fingerprint density at radius 3 is 2.78 bits per heavy atom. The fourth-order valence-electron chi connectivity index (χ4n) is 0.954. The molecule has 1 aliphatic heterocycles. The average molecular weight is 125 g/mol. The Bertz CT molecular complexity index is 151. The summed E-state index contributed by atoms with van der Waals surface area (Å²) in [7, 11) is 0. The third-order valence-corrected chi connectivity index (χ3v) is 1.67. The largest absolute Gasteiger partial charge is 0.355 e. The molecule has 1 atom stereocenters. The van der Waals surface area contributed by atoms with E-state index >= 15 is 0 Å². The van der Waals surface area contributed by atoms with Gasteiger partial charge in [0.25, 0.3) is 0 Å². The predicted molar refractivity (Wildman–Crippen MR) is 35.9 cm³/mol. The third kappa shape index (κ3) is 1.31. The Morgan fingerprint density at radius 1 is 1.89 bits per heavy atom. The highest BCUT2D eigenvalue weighted by atomic mass is 16.1. The lowest BCUT2D eigenvalue weighted by molar-refractivity contribution is -0.119. The third-order valence-electron chi connectivity index (χ3n) is 1.67. The van der Waals surface area contributed by atoms with Crippen molar-refractivity contribution in [3.8, 4) is 0 Å². The number of amides is 1. The molecule has 1 aliphatic rings. The van der Waals surface area contributed by atoms with Crippen molar-refractivity contribution in [3.05, 3.63) is 12.2 Å². The van der Waals surface area contributed by atoms with Crippen molar-refractivity contribution >= 4 is 5.91 Å². The maximum absolute atomic E-state index is 10.6. The van der Waals surface area contributed by atoms with Crippen LogP contribution >= 0.6 is 0 Å². The molecule has 0 radical (unpaired) electrons. The summed E-state index contributed by atoms with van der Waals surface area (Å²) in [5.74, 6) is 0.542. The van der Waals surface area contributed by atoms with Gasteiger partial charge in [-0.05, 0) is 6.92 Å². The van der Waals surface area contributed by atoms with Crippen LogP contribution in [0.4, 0.5) is 0 Å². The maximum atomic E-state index is 10.6. The van der Waals surface area contributed by atoms with Gasteiger partial charge in [0.2, 0.25) is 5.91 Å². The maximum Gasteiger partial charge on any atom is 0.220 e. The molecule has 0 aromatic rings. The average Bonchev–Trinajstić information content (AvgIpc) is 2.14. The van der Waals surface area contributed by atoms with Crippen molar-refractivity contribution in [2.75, 3.05) is 6.54 Å². The molecular formula is C7H11NO. The van der Waals surface area contributed by atoms with E-state index in [-0.39, 0.29) is 5.91 Å². The molecule has 0 aromatic heterocycles. The Labute approximate surface area is 54.9 Å². The fourth-order valence-corrected chi connectivity index (χ4v) is 0.954. The van der Waals surface area contributed by atoms with Gasteiger partial charge in [0.1, 0.15) is 0 Å². The lowest BCUT2D eigenvalue weighted by atomic mass is 10.0. The van der Waals surface area contributed by atoms with Crippen LogP contribution in [-0.2, 0) is 4.79 Å². The smallest absolute Gasteiger partial charge is 0.220 e. The molecule has 0 saturated carbocycles. The quantitative estimate of drug-likeness (QED) is 0.513. The van der Waals surface area contributed by atoms with Crippen molar-refractivity contribution in [3.63, 3.8) is 0 Å². The highest BCUT2D eigenvalue weighted by molar-refractivity contribution is 5.78.